The number of benzene rings is 1. The van der Waals surface area contributed by atoms with E-state index in [0.29, 0.717) is 29.9 Å². The highest BCUT2D eigenvalue weighted by molar-refractivity contribution is 5.76. The Balaban J connectivity index is 0.000000509. The molecule has 0 saturated heterocycles. The minimum atomic E-state index is -5.08. The van der Waals surface area contributed by atoms with Gasteiger partial charge in [-0.05, 0) is 30.2 Å². The predicted molar refractivity (Wildman–Crippen MR) is 105 cm³/mol. The van der Waals surface area contributed by atoms with Gasteiger partial charge in [-0.25, -0.2) is 4.79 Å². The first-order chi connectivity index (χ1) is 15.9. The molecule has 3 rings (SSSR count). The molecule has 2 heterocycles. The number of aromatic nitrogens is 2. The van der Waals surface area contributed by atoms with E-state index in [1.807, 2.05) is 6.07 Å². The SMILES string of the molecule is O=C(CCc1cnoc1-c1ccc(C(F)(F)F)cc1)NCc1cccnc1.O=C(O)C(F)(F)F. The number of hydrogen-bond acceptors (Lipinski definition) is 5. The van der Waals surface area contributed by atoms with E-state index >= 15 is 0 Å². The molecule has 2 aromatic heterocycles. The fourth-order valence-corrected chi connectivity index (χ4v) is 2.53. The summed E-state index contributed by atoms with van der Waals surface area (Å²) in [6.45, 7) is 0.377. The van der Waals surface area contributed by atoms with Gasteiger partial charge >= 0.3 is 18.3 Å². The van der Waals surface area contributed by atoms with Crippen LogP contribution in [0.2, 0.25) is 0 Å². The summed E-state index contributed by atoms with van der Waals surface area (Å²) in [5.74, 6) is -2.55. The fourth-order valence-electron chi connectivity index (χ4n) is 2.53. The Hall–Kier alpha value is -3.90. The molecule has 0 atom stereocenters. The summed E-state index contributed by atoms with van der Waals surface area (Å²) in [5.41, 5.74) is 1.29. The van der Waals surface area contributed by atoms with Gasteiger partial charge in [0, 0.05) is 36.5 Å². The maximum absolute atomic E-state index is 12.7. The van der Waals surface area contributed by atoms with Crippen molar-refractivity contribution in [1.29, 1.82) is 0 Å². The van der Waals surface area contributed by atoms with Crippen molar-refractivity contribution < 1.29 is 45.6 Å². The van der Waals surface area contributed by atoms with Crippen LogP contribution in [-0.4, -0.2) is 33.3 Å². The molecule has 0 aliphatic heterocycles. The van der Waals surface area contributed by atoms with Gasteiger partial charge in [-0.15, -0.1) is 0 Å². The van der Waals surface area contributed by atoms with Crippen LogP contribution in [0.15, 0.2) is 59.5 Å². The van der Waals surface area contributed by atoms with Gasteiger partial charge in [-0.2, -0.15) is 26.3 Å². The molecule has 0 spiro atoms. The molecular formula is C21H17F6N3O4. The molecule has 1 aromatic carbocycles. The number of aliphatic carboxylic acids is 1. The number of carboxylic acid groups (broad SMARTS) is 1. The Kier molecular flexibility index (Phi) is 8.76. The molecule has 2 N–H and O–H groups in total. The third-order valence-electron chi connectivity index (χ3n) is 4.19. The van der Waals surface area contributed by atoms with Gasteiger partial charge < -0.3 is 14.9 Å². The first kappa shape index (κ1) is 26.4. The monoisotopic (exact) mass is 489 g/mol. The summed E-state index contributed by atoms with van der Waals surface area (Å²) in [6, 6.07) is 8.28. The fraction of sp³-hybridized carbons (Fsp3) is 0.238. The number of halogens is 6. The molecule has 0 radical (unpaired) electrons. The number of aryl methyl sites for hydroxylation is 1. The Bertz CT molecular complexity index is 1080. The van der Waals surface area contributed by atoms with Crippen molar-refractivity contribution in [3.8, 4) is 11.3 Å². The van der Waals surface area contributed by atoms with Crippen molar-refractivity contribution in [3.05, 3.63) is 71.7 Å². The third kappa shape index (κ3) is 8.22. The third-order valence-corrected chi connectivity index (χ3v) is 4.19. The smallest absolute Gasteiger partial charge is 0.475 e. The minimum absolute atomic E-state index is 0.154. The number of hydrogen-bond donors (Lipinski definition) is 2. The maximum atomic E-state index is 12.7. The zero-order chi connectivity index (χ0) is 25.4. The number of amides is 1. The van der Waals surface area contributed by atoms with Crippen LogP contribution in [0.3, 0.4) is 0 Å². The second-order valence-corrected chi connectivity index (χ2v) is 6.70. The average Bonchev–Trinajstić information content (AvgIpc) is 3.25. The number of carbonyl (C=O) groups excluding carboxylic acids is 1. The number of carboxylic acids is 1. The lowest BCUT2D eigenvalue weighted by atomic mass is 10.0. The number of carbonyl (C=O) groups is 2. The van der Waals surface area contributed by atoms with Gasteiger partial charge in [-0.3, -0.25) is 9.78 Å². The van der Waals surface area contributed by atoms with Gasteiger partial charge in [0.25, 0.3) is 0 Å². The zero-order valence-electron chi connectivity index (χ0n) is 17.2. The predicted octanol–water partition coefficient (Wildman–Crippen LogP) is 4.64. The lowest BCUT2D eigenvalue weighted by Crippen LogP contribution is -2.23. The standard InChI is InChI=1S/C19H16F3N3O2.C2HF3O2/c20-19(21,22)16-6-3-14(4-7-16)18-15(12-25-27-18)5-8-17(26)24-11-13-2-1-9-23-10-13;3-2(4,5)1(6)7/h1-4,6-7,9-10,12H,5,8,11H2,(H,24,26);(H,6,7). The summed E-state index contributed by atoms with van der Waals surface area (Å²) in [6.07, 6.45) is -4.12. The number of rotatable bonds is 6. The molecule has 0 fully saturated rings. The zero-order valence-corrected chi connectivity index (χ0v) is 17.2. The van der Waals surface area contributed by atoms with E-state index in [2.05, 4.69) is 15.5 Å². The molecule has 0 saturated carbocycles. The van der Waals surface area contributed by atoms with E-state index < -0.39 is 23.9 Å². The largest absolute Gasteiger partial charge is 0.490 e. The van der Waals surface area contributed by atoms with Crippen LogP contribution in [-0.2, 0) is 28.7 Å². The molecule has 182 valence electrons. The van der Waals surface area contributed by atoms with Crippen LogP contribution in [0.4, 0.5) is 26.3 Å². The van der Waals surface area contributed by atoms with Gasteiger partial charge in [0.05, 0.1) is 11.8 Å². The molecule has 0 aliphatic rings. The van der Waals surface area contributed by atoms with Gasteiger partial charge in [0.15, 0.2) is 5.76 Å². The second-order valence-electron chi connectivity index (χ2n) is 6.70. The van der Waals surface area contributed by atoms with Crippen molar-refractivity contribution in [2.45, 2.75) is 31.7 Å². The quantitative estimate of drug-likeness (QED) is 0.489. The van der Waals surface area contributed by atoms with E-state index in [-0.39, 0.29) is 12.3 Å². The summed E-state index contributed by atoms with van der Waals surface area (Å²) in [5, 5.41) is 13.6. The van der Waals surface area contributed by atoms with Crippen LogP contribution in [0.25, 0.3) is 11.3 Å². The van der Waals surface area contributed by atoms with Crippen LogP contribution in [0, 0.1) is 0 Å². The highest BCUT2D eigenvalue weighted by atomic mass is 19.4. The lowest BCUT2D eigenvalue weighted by Gasteiger charge is -2.07. The summed E-state index contributed by atoms with van der Waals surface area (Å²) in [4.78, 5) is 24.9. The van der Waals surface area contributed by atoms with Crippen molar-refractivity contribution in [1.82, 2.24) is 15.5 Å². The van der Waals surface area contributed by atoms with Crippen LogP contribution < -0.4 is 5.32 Å². The molecule has 34 heavy (non-hydrogen) atoms. The average molecular weight is 489 g/mol. The maximum Gasteiger partial charge on any atom is 0.490 e. The van der Waals surface area contributed by atoms with Crippen molar-refractivity contribution >= 4 is 11.9 Å². The number of nitrogens with one attached hydrogen (secondary N) is 1. The second kappa shape index (κ2) is 11.3. The molecular weight excluding hydrogens is 472 g/mol. The molecule has 0 unspecified atom stereocenters. The summed E-state index contributed by atoms with van der Waals surface area (Å²) < 4.78 is 74.9. The lowest BCUT2D eigenvalue weighted by molar-refractivity contribution is -0.192. The molecule has 7 nitrogen and oxygen atoms in total. The van der Waals surface area contributed by atoms with E-state index in [0.717, 1.165) is 17.7 Å². The van der Waals surface area contributed by atoms with Crippen LogP contribution in [0.5, 0.6) is 0 Å². The topological polar surface area (TPSA) is 105 Å². The first-order valence-electron chi connectivity index (χ1n) is 9.45. The number of nitrogens with zero attached hydrogens (tertiary/aromatic N) is 2. The van der Waals surface area contributed by atoms with Crippen LogP contribution in [0.1, 0.15) is 23.1 Å². The Morgan fingerprint density at radius 3 is 2.18 bits per heavy atom. The Morgan fingerprint density at radius 2 is 1.65 bits per heavy atom. The first-order valence-corrected chi connectivity index (χ1v) is 9.45. The van der Waals surface area contributed by atoms with E-state index in [4.69, 9.17) is 14.4 Å². The van der Waals surface area contributed by atoms with E-state index in [9.17, 15) is 31.1 Å². The highest BCUT2D eigenvalue weighted by Crippen LogP contribution is 2.32. The van der Waals surface area contributed by atoms with Gasteiger partial charge in [-0.1, -0.05) is 23.4 Å². The van der Waals surface area contributed by atoms with Gasteiger partial charge in [0.1, 0.15) is 0 Å². The molecule has 1 amide bonds. The van der Waals surface area contributed by atoms with Crippen molar-refractivity contribution in [2.75, 3.05) is 0 Å². The molecule has 0 aliphatic carbocycles. The summed E-state index contributed by atoms with van der Waals surface area (Å²) >= 11 is 0. The number of pyridine rings is 1. The van der Waals surface area contributed by atoms with Gasteiger partial charge in [0.2, 0.25) is 5.91 Å². The summed E-state index contributed by atoms with van der Waals surface area (Å²) in [7, 11) is 0. The number of alkyl halides is 6. The Morgan fingerprint density at radius 1 is 1.00 bits per heavy atom. The minimum Gasteiger partial charge on any atom is -0.475 e. The molecule has 0 bridgehead atoms. The van der Waals surface area contributed by atoms with Crippen LogP contribution >= 0.6 is 0 Å². The van der Waals surface area contributed by atoms with Crippen molar-refractivity contribution in [2.24, 2.45) is 0 Å². The Labute approximate surface area is 188 Å². The normalized spacial score (nSPS) is 11.4. The van der Waals surface area contributed by atoms with E-state index in [1.54, 1.807) is 18.5 Å². The van der Waals surface area contributed by atoms with E-state index in [1.165, 1.54) is 18.3 Å². The van der Waals surface area contributed by atoms with Crippen molar-refractivity contribution in [3.63, 3.8) is 0 Å². The highest BCUT2D eigenvalue weighted by Gasteiger charge is 2.38. The molecule has 13 heteroatoms. The molecule has 3 aromatic rings.